The van der Waals surface area contributed by atoms with Crippen LogP contribution in [0.3, 0.4) is 0 Å². The molecule has 0 saturated carbocycles. The molecule has 0 aromatic heterocycles. The van der Waals surface area contributed by atoms with Crippen LogP contribution >= 0.6 is 15.9 Å². The van der Waals surface area contributed by atoms with E-state index in [2.05, 4.69) is 15.9 Å². The summed E-state index contributed by atoms with van der Waals surface area (Å²) in [5.74, 6) is -1.27. The summed E-state index contributed by atoms with van der Waals surface area (Å²) in [5.41, 5.74) is 5.71. The third kappa shape index (κ3) is 2.47. The highest BCUT2D eigenvalue weighted by molar-refractivity contribution is 9.10. The molecule has 1 aromatic rings. The van der Waals surface area contributed by atoms with Crippen LogP contribution in [0.5, 0.6) is 5.75 Å². The number of halogens is 1. The van der Waals surface area contributed by atoms with Crippen LogP contribution in [-0.4, -0.2) is 27.9 Å². The van der Waals surface area contributed by atoms with Crippen molar-refractivity contribution in [2.24, 2.45) is 5.73 Å². The van der Waals surface area contributed by atoms with Crippen LogP contribution in [0.25, 0.3) is 0 Å². The molecule has 0 amide bonds. The zero-order valence-electron chi connectivity index (χ0n) is 7.64. The average molecular weight is 276 g/mol. The molecule has 15 heavy (non-hydrogen) atoms. The lowest BCUT2D eigenvalue weighted by molar-refractivity contribution is 0.0696. The highest BCUT2D eigenvalue weighted by Crippen LogP contribution is 2.32. The van der Waals surface area contributed by atoms with Gasteiger partial charge in [0.15, 0.2) is 0 Å². The van der Waals surface area contributed by atoms with E-state index in [1.54, 1.807) is 0 Å². The molecule has 82 valence electrons. The Morgan fingerprint density at radius 1 is 1.53 bits per heavy atom. The predicted octanol–water partition coefficient (Wildman–Crippen LogP) is 0.845. The van der Waals surface area contributed by atoms with Crippen LogP contribution < -0.4 is 5.73 Å². The minimum Gasteiger partial charge on any atom is -0.506 e. The maximum Gasteiger partial charge on any atom is 0.335 e. The molecule has 0 radical (unpaired) electrons. The van der Waals surface area contributed by atoms with E-state index in [0.717, 1.165) is 0 Å². The van der Waals surface area contributed by atoms with E-state index < -0.39 is 12.0 Å². The maximum atomic E-state index is 10.7. The molecule has 6 heteroatoms. The van der Waals surface area contributed by atoms with Crippen molar-refractivity contribution in [2.45, 2.75) is 6.04 Å². The molecular weight excluding hydrogens is 266 g/mol. The fourth-order valence-corrected chi connectivity index (χ4v) is 1.60. The number of carboxylic acid groups (broad SMARTS) is 1. The zero-order valence-corrected chi connectivity index (χ0v) is 9.23. The molecule has 1 rings (SSSR count). The SMILES string of the molecule is N[C@@H](CO)c1cc(C(=O)O)cc(Br)c1O. The van der Waals surface area contributed by atoms with Crippen molar-refractivity contribution in [1.82, 2.24) is 0 Å². The third-order valence-corrected chi connectivity index (χ3v) is 2.54. The van der Waals surface area contributed by atoms with Gasteiger partial charge in [0.2, 0.25) is 0 Å². The van der Waals surface area contributed by atoms with Gasteiger partial charge in [-0.1, -0.05) is 0 Å². The second-order valence-electron chi connectivity index (χ2n) is 2.99. The van der Waals surface area contributed by atoms with Crippen LogP contribution in [0.1, 0.15) is 22.0 Å². The summed E-state index contributed by atoms with van der Waals surface area (Å²) in [6.45, 7) is -0.372. The number of phenolic OH excluding ortho intramolecular Hbond substituents is 1. The largest absolute Gasteiger partial charge is 0.506 e. The van der Waals surface area contributed by atoms with E-state index in [0.29, 0.717) is 0 Å². The Morgan fingerprint density at radius 2 is 2.13 bits per heavy atom. The van der Waals surface area contributed by atoms with Crippen molar-refractivity contribution >= 4 is 21.9 Å². The lowest BCUT2D eigenvalue weighted by Gasteiger charge is -2.12. The Hall–Kier alpha value is -1.11. The highest BCUT2D eigenvalue weighted by Gasteiger charge is 2.16. The van der Waals surface area contributed by atoms with Crippen LogP contribution in [-0.2, 0) is 0 Å². The molecule has 0 aliphatic heterocycles. The number of hydrogen-bond acceptors (Lipinski definition) is 4. The fraction of sp³-hybridized carbons (Fsp3) is 0.222. The number of hydrogen-bond donors (Lipinski definition) is 4. The van der Waals surface area contributed by atoms with Crippen LogP contribution in [0.15, 0.2) is 16.6 Å². The van der Waals surface area contributed by atoms with Crippen LogP contribution in [0.4, 0.5) is 0 Å². The standard InChI is InChI=1S/C9H10BrNO4/c10-6-2-4(9(14)15)1-5(8(6)13)7(11)3-12/h1-2,7,12-13H,3,11H2,(H,14,15)/t7-/m0/s1. The average Bonchev–Trinajstić information content (AvgIpc) is 2.20. The first-order valence-electron chi connectivity index (χ1n) is 4.09. The molecule has 0 heterocycles. The lowest BCUT2D eigenvalue weighted by atomic mass is 10.0. The van der Waals surface area contributed by atoms with Crippen LogP contribution in [0.2, 0.25) is 0 Å². The molecular formula is C9H10BrNO4. The van der Waals surface area contributed by atoms with E-state index in [1.165, 1.54) is 12.1 Å². The molecule has 0 unspecified atom stereocenters. The number of rotatable bonds is 3. The first-order valence-corrected chi connectivity index (χ1v) is 4.88. The van der Waals surface area contributed by atoms with Gasteiger partial charge in [-0.3, -0.25) is 0 Å². The summed E-state index contributed by atoms with van der Waals surface area (Å²) in [7, 11) is 0. The smallest absolute Gasteiger partial charge is 0.335 e. The number of carbonyl (C=O) groups is 1. The molecule has 1 aromatic carbocycles. The number of aromatic carboxylic acids is 1. The van der Waals surface area contributed by atoms with Crippen molar-refractivity contribution in [3.63, 3.8) is 0 Å². The Kier molecular flexibility index (Phi) is 3.67. The predicted molar refractivity (Wildman–Crippen MR) is 56.8 cm³/mol. The molecule has 0 fully saturated rings. The van der Waals surface area contributed by atoms with Gasteiger partial charge < -0.3 is 21.1 Å². The minimum absolute atomic E-state index is 0.00132. The topological polar surface area (TPSA) is 104 Å². The normalized spacial score (nSPS) is 12.5. The van der Waals surface area contributed by atoms with Crippen molar-refractivity contribution in [1.29, 1.82) is 0 Å². The van der Waals surface area contributed by atoms with Gasteiger partial charge in [-0.15, -0.1) is 0 Å². The Bertz CT molecular complexity index is 394. The van der Waals surface area contributed by atoms with E-state index in [-0.39, 0.29) is 28.0 Å². The molecule has 0 bridgehead atoms. The Morgan fingerprint density at radius 3 is 2.60 bits per heavy atom. The molecule has 0 spiro atoms. The molecule has 1 atom stereocenters. The van der Waals surface area contributed by atoms with Gasteiger partial charge in [0.25, 0.3) is 0 Å². The number of aromatic hydroxyl groups is 1. The number of carboxylic acids is 1. The summed E-state index contributed by atoms with van der Waals surface area (Å²) in [6.07, 6.45) is 0. The van der Waals surface area contributed by atoms with Gasteiger partial charge in [-0.05, 0) is 28.1 Å². The number of aliphatic hydroxyl groups excluding tert-OH is 1. The van der Waals surface area contributed by atoms with E-state index in [1.807, 2.05) is 0 Å². The van der Waals surface area contributed by atoms with Crippen molar-refractivity contribution in [3.8, 4) is 5.75 Å². The van der Waals surface area contributed by atoms with Gasteiger partial charge in [0.1, 0.15) is 5.75 Å². The molecule has 0 saturated heterocycles. The monoisotopic (exact) mass is 275 g/mol. The van der Waals surface area contributed by atoms with Gasteiger partial charge in [-0.2, -0.15) is 0 Å². The first kappa shape index (κ1) is 12.0. The zero-order chi connectivity index (χ0) is 11.6. The Labute approximate surface area is 94.3 Å². The van der Waals surface area contributed by atoms with Gasteiger partial charge in [0.05, 0.1) is 22.7 Å². The van der Waals surface area contributed by atoms with Gasteiger partial charge in [-0.25, -0.2) is 4.79 Å². The fourth-order valence-electron chi connectivity index (χ4n) is 1.12. The van der Waals surface area contributed by atoms with Gasteiger partial charge >= 0.3 is 5.97 Å². The molecule has 0 aliphatic rings. The van der Waals surface area contributed by atoms with E-state index in [4.69, 9.17) is 15.9 Å². The van der Waals surface area contributed by atoms with Crippen LogP contribution in [0, 0.1) is 0 Å². The summed E-state index contributed by atoms with van der Waals surface area (Å²) < 4.78 is 0.237. The summed E-state index contributed by atoms with van der Waals surface area (Å²) in [4.78, 5) is 10.7. The molecule has 5 nitrogen and oxygen atoms in total. The number of benzene rings is 1. The lowest BCUT2D eigenvalue weighted by Crippen LogP contribution is -2.15. The summed E-state index contributed by atoms with van der Waals surface area (Å²) in [6, 6.07) is 1.70. The van der Waals surface area contributed by atoms with Crippen molar-refractivity contribution in [2.75, 3.05) is 6.61 Å². The number of phenols is 1. The maximum absolute atomic E-state index is 10.7. The summed E-state index contributed by atoms with van der Waals surface area (Å²) >= 11 is 3.01. The Balaban J connectivity index is 3.31. The first-order chi connectivity index (χ1) is 6.97. The highest BCUT2D eigenvalue weighted by atomic mass is 79.9. The quantitative estimate of drug-likeness (QED) is 0.655. The number of nitrogens with two attached hydrogens (primary N) is 1. The second kappa shape index (κ2) is 4.61. The summed E-state index contributed by atoms with van der Waals surface area (Å²) in [5, 5.41) is 27.2. The van der Waals surface area contributed by atoms with E-state index in [9.17, 15) is 9.90 Å². The second-order valence-corrected chi connectivity index (χ2v) is 3.84. The van der Waals surface area contributed by atoms with Crippen molar-refractivity contribution in [3.05, 3.63) is 27.7 Å². The van der Waals surface area contributed by atoms with Gasteiger partial charge in [0, 0.05) is 5.56 Å². The molecule has 0 aliphatic carbocycles. The van der Waals surface area contributed by atoms with Crippen molar-refractivity contribution < 1.29 is 20.1 Å². The minimum atomic E-state index is -1.12. The number of aliphatic hydroxyl groups is 1. The molecule has 5 N–H and O–H groups in total. The van der Waals surface area contributed by atoms with E-state index >= 15 is 0 Å². The third-order valence-electron chi connectivity index (χ3n) is 1.94.